The van der Waals surface area contributed by atoms with Crippen LogP contribution in [0.4, 0.5) is 0 Å². The van der Waals surface area contributed by atoms with Gasteiger partial charge in [-0.05, 0) is 16.2 Å². The van der Waals surface area contributed by atoms with Gasteiger partial charge in [0.1, 0.15) is 0 Å². The average molecular weight is 196 g/mol. The van der Waals surface area contributed by atoms with Crippen LogP contribution in [-0.4, -0.2) is 5.75 Å². The lowest BCUT2D eigenvalue weighted by molar-refractivity contribution is 0.660. The van der Waals surface area contributed by atoms with E-state index >= 15 is 0 Å². The van der Waals surface area contributed by atoms with E-state index in [1.807, 2.05) is 10.8 Å². The zero-order valence-corrected chi connectivity index (χ0v) is 9.03. The van der Waals surface area contributed by atoms with Gasteiger partial charge in [0, 0.05) is 5.75 Å². The molecule has 0 atom stereocenters. The van der Waals surface area contributed by atoms with Crippen molar-refractivity contribution in [1.82, 2.24) is 0 Å². The van der Waals surface area contributed by atoms with Crippen LogP contribution in [0.1, 0.15) is 39.0 Å². The summed E-state index contributed by atoms with van der Waals surface area (Å²) in [6, 6.07) is 0. The second kappa shape index (κ2) is 10.0. The highest BCUT2D eigenvalue weighted by Crippen LogP contribution is 2.25. The fourth-order valence-electron chi connectivity index (χ4n) is 0.802. The van der Waals surface area contributed by atoms with Crippen LogP contribution in [-0.2, 0) is 0 Å². The summed E-state index contributed by atoms with van der Waals surface area (Å²) in [4.78, 5) is 0. The van der Waals surface area contributed by atoms with Gasteiger partial charge in [-0.1, -0.05) is 55.1 Å². The Hall–Kier alpha value is 1.05. The summed E-state index contributed by atoms with van der Waals surface area (Å²) in [6.07, 6.45) is 6.91. The van der Waals surface area contributed by atoms with Crippen molar-refractivity contribution in [3.8, 4) is 0 Å². The van der Waals surface area contributed by atoms with E-state index in [0.29, 0.717) is 0 Å². The lowest BCUT2D eigenvalue weighted by Gasteiger charge is -1.96. The smallest absolute Gasteiger partial charge is 0.00450 e. The Morgan fingerprint density at radius 1 is 1.10 bits per heavy atom. The average Bonchev–Trinajstić information content (AvgIpc) is 1.97. The minimum Gasteiger partial charge on any atom is -0.0997 e. The standard InChI is InChI=1S/C7H16S3/c1-2-3-4-5-6-7-9-10-8/h8H,2-7H2,1H3. The van der Waals surface area contributed by atoms with Gasteiger partial charge in [-0.3, -0.25) is 0 Å². The molecule has 0 aliphatic carbocycles. The summed E-state index contributed by atoms with van der Waals surface area (Å²) in [5.74, 6) is 1.26. The Morgan fingerprint density at radius 3 is 2.40 bits per heavy atom. The molecule has 0 radical (unpaired) electrons. The van der Waals surface area contributed by atoms with Crippen molar-refractivity contribution in [2.75, 3.05) is 5.75 Å². The van der Waals surface area contributed by atoms with Crippen molar-refractivity contribution in [2.45, 2.75) is 39.0 Å². The molecule has 0 rings (SSSR count). The number of hydrogen-bond acceptors (Lipinski definition) is 3. The van der Waals surface area contributed by atoms with Crippen molar-refractivity contribution in [3.05, 3.63) is 0 Å². The Labute approximate surface area is 77.1 Å². The van der Waals surface area contributed by atoms with Crippen molar-refractivity contribution in [3.63, 3.8) is 0 Å². The molecular formula is C7H16S3. The summed E-state index contributed by atoms with van der Waals surface area (Å²) in [6.45, 7) is 2.25. The van der Waals surface area contributed by atoms with E-state index in [0.717, 1.165) is 0 Å². The van der Waals surface area contributed by atoms with E-state index in [-0.39, 0.29) is 0 Å². The van der Waals surface area contributed by atoms with Crippen LogP contribution in [0.15, 0.2) is 0 Å². The number of rotatable bonds is 7. The molecule has 0 N–H and O–H groups in total. The number of thiol groups is 1. The molecule has 0 aliphatic rings. The third-order valence-electron chi connectivity index (χ3n) is 1.38. The molecule has 0 saturated heterocycles. The highest BCUT2D eigenvalue weighted by molar-refractivity contribution is 9.05. The first-order valence-electron chi connectivity index (χ1n) is 3.85. The van der Waals surface area contributed by atoms with E-state index in [1.54, 1.807) is 9.83 Å². The second-order valence-electron chi connectivity index (χ2n) is 2.31. The fourth-order valence-corrected chi connectivity index (χ4v) is 2.45. The zero-order chi connectivity index (χ0) is 7.66. The largest absolute Gasteiger partial charge is 0.0997 e. The van der Waals surface area contributed by atoms with Crippen LogP contribution in [0.25, 0.3) is 0 Å². The van der Waals surface area contributed by atoms with E-state index < -0.39 is 0 Å². The maximum atomic E-state index is 4.04. The number of hydrogen-bond donors (Lipinski definition) is 1. The molecule has 0 heterocycles. The topological polar surface area (TPSA) is 0 Å². The molecule has 0 aromatic rings. The zero-order valence-electron chi connectivity index (χ0n) is 6.51. The highest BCUT2D eigenvalue weighted by Gasteiger charge is 1.88. The molecule has 0 fully saturated rings. The molecule has 3 heteroatoms. The van der Waals surface area contributed by atoms with Crippen LogP contribution in [0, 0.1) is 0 Å². The van der Waals surface area contributed by atoms with E-state index in [4.69, 9.17) is 0 Å². The molecule has 0 aliphatic heterocycles. The summed E-state index contributed by atoms with van der Waals surface area (Å²) in [7, 11) is 3.42. The number of unbranched alkanes of at least 4 members (excludes halogenated alkanes) is 4. The molecule has 0 unspecified atom stereocenters. The minimum absolute atomic E-state index is 1.26. The first-order chi connectivity index (χ1) is 4.91. The predicted molar refractivity (Wildman–Crippen MR) is 57.8 cm³/mol. The summed E-state index contributed by atoms with van der Waals surface area (Å²) in [5.41, 5.74) is 0. The highest BCUT2D eigenvalue weighted by atomic mass is 33.5. The molecule has 0 spiro atoms. The van der Waals surface area contributed by atoms with Gasteiger partial charge in [0.05, 0.1) is 0 Å². The quantitative estimate of drug-likeness (QED) is 0.368. The van der Waals surface area contributed by atoms with Crippen molar-refractivity contribution in [1.29, 1.82) is 0 Å². The Kier molecular flexibility index (Phi) is 11.1. The van der Waals surface area contributed by atoms with Gasteiger partial charge >= 0.3 is 0 Å². The molecule has 0 aromatic carbocycles. The molecule has 10 heavy (non-hydrogen) atoms. The first kappa shape index (κ1) is 11.1. The Bertz CT molecular complexity index is 48.8. The van der Waals surface area contributed by atoms with Gasteiger partial charge in [0.15, 0.2) is 0 Å². The van der Waals surface area contributed by atoms with Crippen LogP contribution in [0.5, 0.6) is 0 Å². The van der Waals surface area contributed by atoms with Gasteiger partial charge in [0.2, 0.25) is 0 Å². The van der Waals surface area contributed by atoms with Crippen molar-refractivity contribution >= 4 is 32.3 Å². The second-order valence-corrected chi connectivity index (χ2v) is 5.60. The monoisotopic (exact) mass is 196 g/mol. The van der Waals surface area contributed by atoms with Crippen LogP contribution in [0.3, 0.4) is 0 Å². The minimum atomic E-state index is 1.26. The third-order valence-corrected chi connectivity index (χ3v) is 3.71. The summed E-state index contributed by atoms with van der Waals surface area (Å²) < 4.78 is 0. The van der Waals surface area contributed by atoms with E-state index in [2.05, 4.69) is 18.6 Å². The molecule has 62 valence electrons. The predicted octanol–water partition coefficient (Wildman–Crippen LogP) is 4.18. The fraction of sp³-hybridized carbons (Fsp3) is 1.00. The maximum Gasteiger partial charge on any atom is 0.00450 e. The van der Waals surface area contributed by atoms with Gasteiger partial charge < -0.3 is 0 Å². The van der Waals surface area contributed by atoms with Crippen molar-refractivity contribution in [2.24, 2.45) is 0 Å². The maximum absolute atomic E-state index is 4.04. The van der Waals surface area contributed by atoms with Gasteiger partial charge in [-0.2, -0.15) is 0 Å². The molecule has 0 nitrogen and oxygen atoms in total. The van der Waals surface area contributed by atoms with Crippen LogP contribution >= 0.6 is 32.3 Å². The first-order valence-corrected chi connectivity index (χ1v) is 7.22. The van der Waals surface area contributed by atoms with Gasteiger partial charge in [-0.25, -0.2) is 0 Å². The summed E-state index contributed by atoms with van der Waals surface area (Å²) in [5, 5.41) is 0. The molecular weight excluding hydrogens is 180 g/mol. The van der Waals surface area contributed by atoms with E-state index in [9.17, 15) is 0 Å². The van der Waals surface area contributed by atoms with Crippen LogP contribution in [0.2, 0.25) is 0 Å². The lowest BCUT2D eigenvalue weighted by atomic mass is 10.2. The molecule has 0 amide bonds. The molecule has 0 saturated carbocycles. The summed E-state index contributed by atoms with van der Waals surface area (Å²) >= 11 is 4.04. The third kappa shape index (κ3) is 9.05. The van der Waals surface area contributed by atoms with E-state index in [1.165, 1.54) is 37.9 Å². The van der Waals surface area contributed by atoms with Crippen molar-refractivity contribution < 1.29 is 0 Å². The van der Waals surface area contributed by atoms with Gasteiger partial charge in [-0.15, -0.1) is 0 Å². The Balaban J connectivity index is 2.65. The normalized spacial score (nSPS) is 10.2. The lowest BCUT2D eigenvalue weighted by Crippen LogP contribution is -1.78. The molecule has 0 bridgehead atoms. The Morgan fingerprint density at radius 2 is 1.80 bits per heavy atom. The van der Waals surface area contributed by atoms with Crippen LogP contribution < -0.4 is 0 Å². The molecule has 0 aromatic heterocycles. The SMILES string of the molecule is CCCCCCCSSS. The van der Waals surface area contributed by atoms with Gasteiger partial charge in [0.25, 0.3) is 0 Å².